The van der Waals surface area contributed by atoms with Crippen LogP contribution >= 0.6 is 0 Å². The molecule has 0 radical (unpaired) electrons. The Morgan fingerprint density at radius 1 is 1.24 bits per heavy atom. The van der Waals surface area contributed by atoms with Gasteiger partial charge in [-0.25, -0.2) is 19.7 Å². The van der Waals surface area contributed by atoms with E-state index in [0.29, 0.717) is 24.8 Å². The minimum atomic E-state index is -1.79. The standard InChI is InChI=1S/C29H43NO8/c1-8-36-26(33)30-27(34)38-22-13-28(7)12-19-15(4)9-10-20-17(6)37-25(32)24(31)29(20,35)16(5)18(19)11-21(28)23(22)14(2)3/h9,14,17-24,31,35H,5,8,10-13H2,1-4,6-7H3,(H,30,33,34)/b15-9-. The summed E-state index contributed by atoms with van der Waals surface area (Å²) in [6.45, 7) is 16.4. The van der Waals surface area contributed by atoms with E-state index in [0.717, 1.165) is 6.42 Å². The smallest absolute Gasteiger partial charge is 0.416 e. The molecule has 1 heterocycles. The topological polar surface area (TPSA) is 131 Å². The Labute approximate surface area is 225 Å². The average Bonchev–Trinajstić information content (AvgIpc) is 3.11. The van der Waals surface area contributed by atoms with Gasteiger partial charge in [-0.2, -0.15) is 0 Å². The molecule has 10 atom stereocenters. The van der Waals surface area contributed by atoms with Gasteiger partial charge in [0, 0.05) is 11.8 Å². The van der Waals surface area contributed by atoms with Gasteiger partial charge in [0.25, 0.3) is 0 Å². The summed E-state index contributed by atoms with van der Waals surface area (Å²) in [6, 6.07) is 0. The van der Waals surface area contributed by atoms with Crippen molar-refractivity contribution in [1.82, 2.24) is 5.32 Å². The van der Waals surface area contributed by atoms with Crippen molar-refractivity contribution in [3.63, 3.8) is 0 Å². The zero-order valence-corrected chi connectivity index (χ0v) is 23.4. The Balaban J connectivity index is 1.66. The fourth-order valence-corrected chi connectivity index (χ4v) is 8.14. The van der Waals surface area contributed by atoms with Crippen LogP contribution in [0.1, 0.15) is 67.2 Å². The highest BCUT2D eigenvalue weighted by Gasteiger charge is 2.62. The number of ether oxygens (including phenoxy) is 3. The van der Waals surface area contributed by atoms with E-state index >= 15 is 0 Å². The number of hydrogen-bond acceptors (Lipinski definition) is 8. The molecule has 212 valence electrons. The normalized spacial score (nSPS) is 43.9. The number of carbonyl (C=O) groups is 3. The Kier molecular flexibility index (Phi) is 7.76. The summed E-state index contributed by atoms with van der Waals surface area (Å²) in [5.74, 6) is -1.09. The predicted octanol–water partition coefficient (Wildman–Crippen LogP) is 4.12. The highest BCUT2D eigenvalue weighted by molar-refractivity contribution is 5.87. The lowest BCUT2D eigenvalue weighted by molar-refractivity contribution is -0.209. The lowest BCUT2D eigenvalue weighted by Crippen LogP contribution is -2.63. The van der Waals surface area contributed by atoms with Crippen LogP contribution in [0.4, 0.5) is 9.59 Å². The average molecular weight is 534 g/mol. The molecule has 2 amide bonds. The fraction of sp³-hybridized carbons (Fsp3) is 0.759. The van der Waals surface area contributed by atoms with Crippen molar-refractivity contribution in [2.24, 2.45) is 40.9 Å². The van der Waals surface area contributed by atoms with E-state index in [9.17, 15) is 24.6 Å². The number of aliphatic hydroxyl groups excluding tert-OH is 1. The van der Waals surface area contributed by atoms with Gasteiger partial charge < -0.3 is 24.4 Å². The largest absolute Gasteiger partial charge is 0.460 e. The number of rotatable bonds is 3. The monoisotopic (exact) mass is 533 g/mol. The Morgan fingerprint density at radius 3 is 2.55 bits per heavy atom. The molecule has 0 aromatic heterocycles. The first-order chi connectivity index (χ1) is 17.7. The number of amides is 2. The molecular formula is C29H43NO8. The second kappa shape index (κ2) is 10.3. The van der Waals surface area contributed by atoms with E-state index in [-0.39, 0.29) is 41.6 Å². The molecule has 2 saturated carbocycles. The van der Waals surface area contributed by atoms with Crippen LogP contribution in [-0.4, -0.2) is 58.9 Å². The summed E-state index contributed by atoms with van der Waals surface area (Å²) < 4.78 is 16.0. The number of alkyl carbamates (subject to hydrolysis) is 2. The number of esters is 1. The lowest BCUT2D eigenvalue weighted by atomic mass is 9.53. The number of allylic oxidation sites excluding steroid dienone is 2. The van der Waals surface area contributed by atoms with E-state index in [4.69, 9.17) is 14.2 Å². The second-order valence-corrected chi connectivity index (χ2v) is 12.4. The van der Waals surface area contributed by atoms with Gasteiger partial charge in [-0.15, -0.1) is 0 Å². The molecule has 0 bridgehead atoms. The Hall–Kier alpha value is -2.39. The van der Waals surface area contributed by atoms with Gasteiger partial charge in [-0.1, -0.05) is 39.0 Å². The van der Waals surface area contributed by atoms with Crippen LogP contribution in [0, 0.1) is 40.9 Å². The maximum absolute atomic E-state index is 12.5. The molecule has 9 nitrogen and oxygen atoms in total. The third kappa shape index (κ3) is 4.66. The van der Waals surface area contributed by atoms with Gasteiger partial charge in [0.1, 0.15) is 17.8 Å². The molecule has 1 saturated heterocycles. The molecule has 3 fully saturated rings. The molecule has 0 spiro atoms. The summed E-state index contributed by atoms with van der Waals surface area (Å²) in [7, 11) is 0. The van der Waals surface area contributed by atoms with Crippen molar-refractivity contribution >= 4 is 18.2 Å². The summed E-state index contributed by atoms with van der Waals surface area (Å²) in [5, 5.41) is 25.0. The van der Waals surface area contributed by atoms with Gasteiger partial charge in [0.2, 0.25) is 0 Å². The van der Waals surface area contributed by atoms with Gasteiger partial charge in [-0.05, 0) is 81.1 Å². The number of carbonyl (C=O) groups excluding carboxylic acids is 3. The molecule has 4 rings (SSSR count). The van der Waals surface area contributed by atoms with E-state index in [1.165, 1.54) is 5.57 Å². The zero-order chi connectivity index (χ0) is 28.2. The van der Waals surface area contributed by atoms with Crippen LogP contribution in [0.3, 0.4) is 0 Å². The minimum Gasteiger partial charge on any atom is -0.460 e. The van der Waals surface area contributed by atoms with Crippen molar-refractivity contribution in [1.29, 1.82) is 0 Å². The van der Waals surface area contributed by atoms with Gasteiger partial charge in [-0.3, -0.25) is 0 Å². The fourth-order valence-electron chi connectivity index (χ4n) is 8.14. The molecule has 10 unspecified atom stereocenters. The molecule has 38 heavy (non-hydrogen) atoms. The number of aliphatic hydroxyl groups is 2. The highest BCUT2D eigenvalue weighted by atomic mass is 16.6. The molecule has 3 aliphatic carbocycles. The maximum Gasteiger partial charge on any atom is 0.416 e. The van der Waals surface area contributed by atoms with Crippen LogP contribution < -0.4 is 5.32 Å². The maximum atomic E-state index is 12.5. The number of fused-ring (bicyclic) bond motifs is 3. The molecule has 4 aliphatic rings. The van der Waals surface area contributed by atoms with E-state index in [2.05, 4.69) is 45.7 Å². The number of nitrogens with one attached hydrogen (secondary N) is 1. The summed E-state index contributed by atoms with van der Waals surface area (Å²) in [6.07, 6.45) is 0.399. The van der Waals surface area contributed by atoms with Crippen LogP contribution in [0.25, 0.3) is 0 Å². The summed E-state index contributed by atoms with van der Waals surface area (Å²) in [4.78, 5) is 36.8. The van der Waals surface area contributed by atoms with Crippen molar-refractivity contribution in [2.45, 2.75) is 91.1 Å². The van der Waals surface area contributed by atoms with E-state index in [1.54, 1.807) is 13.8 Å². The first-order valence-corrected chi connectivity index (χ1v) is 13.9. The second-order valence-electron chi connectivity index (χ2n) is 12.4. The minimum absolute atomic E-state index is 0.0158. The SMILES string of the molecule is C=C1C2CC3C(C(C)C)C(OC(=O)NC(=O)OCC)CC3(C)CC2/C(C)=C\CC2C(C)OC(=O)C(O)C12O. The number of imide groups is 1. The first kappa shape index (κ1) is 28.6. The van der Waals surface area contributed by atoms with E-state index < -0.39 is 48.0 Å². The van der Waals surface area contributed by atoms with Gasteiger partial charge >= 0.3 is 18.2 Å². The number of hydrogen-bond donors (Lipinski definition) is 3. The molecule has 0 aromatic rings. The van der Waals surface area contributed by atoms with Crippen molar-refractivity contribution in [3.05, 3.63) is 23.8 Å². The van der Waals surface area contributed by atoms with Crippen LogP contribution in [0.5, 0.6) is 0 Å². The third-order valence-corrected chi connectivity index (χ3v) is 9.96. The molecule has 1 aliphatic heterocycles. The van der Waals surface area contributed by atoms with Crippen molar-refractivity contribution in [2.75, 3.05) is 6.61 Å². The van der Waals surface area contributed by atoms with Crippen molar-refractivity contribution in [3.8, 4) is 0 Å². The third-order valence-electron chi connectivity index (χ3n) is 9.96. The molecule has 0 aromatic carbocycles. The lowest BCUT2D eigenvalue weighted by Gasteiger charge is -2.54. The Morgan fingerprint density at radius 2 is 1.92 bits per heavy atom. The number of cyclic esters (lactones) is 1. The summed E-state index contributed by atoms with van der Waals surface area (Å²) in [5.41, 5.74) is -0.255. The predicted molar refractivity (Wildman–Crippen MR) is 139 cm³/mol. The quantitative estimate of drug-likeness (QED) is 0.280. The molecule has 3 N–H and O–H groups in total. The Bertz CT molecular complexity index is 1020. The van der Waals surface area contributed by atoms with Crippen LogP contribution in [-0.2, 0) is 19.0 Å². The van der Waals surface area contributed by atoms with Gasteiger partial charge in [0.15, 0.2) is 6.10 Å². The van der Waals surface area contributed by atoms with Crippen molar-refractivity contribution < 1.29 is 38.8 Å². The van der Waals surface area contributed by atoms with Crippen LogP contribution in [0.15, 0.2) is 23.8 Å². The first-order valence-electron chi connectivity index (χ1n) is 13.9. The van der Waals surface area contributed by atoms with Gasteiger partial charge in [0.05, 0.1) is 6.61 Å². The van der Waals surface area contributed by atoms with Crippen LogP contribution in [0.2, 0.25) is 0 Å². The highest BCUT2D eigenvalue weighted by Crippen LogP contribution is 2.63. The summed E-state index contributed by atoms with van der Waals surface area (Å²) >= 11 is 0. The molecular weight excluding hydrogens is 490 g/mol. The zero-order valence-electron chi connectivity index (χ0n) is 23.4. The molecule has 9 heteroatoms. The van der Waals surface area contributed by atoms with E-state index in [1.807, 2.05) is 0 Å².